The zero-order valence-electron chi connectivity index (χ0n) is 23.1. The molecule has 1 saturated heterocycles. The molecule has 7 nitrogen and oxygen atoms in total. The van der Waals surface area contributed by atoms with Crippen LogP contribution in [0.4, 0.5) is 23.4 Å². The Kier molecular flexibility index (Phi) is 6.52. The summed E-state index contributed by atoms with van der Waals surface area (Å²) in [6.07, 6.45) is -3.22. The van der Waals surface area contributed by atoms with Gasteiger partial charge in [0, 0.05) is 53.9 Å². The van der Waals surface area contributed by atoms with Crippen molar-refractivity contribution in [3.8, 4) is 22.6 Å². The number of nitrogens with zero attached hydrogens (tertiary/aromatic N) is 4. The first-order valence-corrected chi connectivity index (χ1v) is 13.5. The number of hydrogen-bond donors (Lipinski definition) is 1. The Morgan fingerprint density at radius 3 is 2.66 bits per heavy atom. The summed E-state index contributed by atoms with van der Waals surface area (Å²) in [5, 5.41) is 3.36. The van der Waals surface area contributed by atoms with Crippen molar-refractivity contribution in [3.63, 3.8) is 0 Å². The SMILES string of the molecule is Cc1ccnc(C(C)C)c1-n1c(=O)nc(N2CCNC[C@@H]2C)c2cc(C(F)(F)F)c3c(c21)OCc1cccc(F)c1-3. The molecule has 11 heteroatoms. The summed E-state index contributed by atoms with van der Waals surface area (Å²) >= 11 is 0. The predicted molar refractivity (Wildman–Crippen MR) is 148 cm³/mol. The summed E-state index contributed by atoms with van der Waals surface area (Å²) in [5.41, 5.74) is -0.228. The number of piperazine rings is 1. The fourth-order valence-corrected chi connectivity index (χ4v) is 5.94. The van der Waals surface area contributed by atoms with E-state index >= 15 is 4.39 Å². The molecule has 41 heavy (non-hydrogen) atoms. The average Bonchev–Trinajstić information content (AvgIpc) is 2.92. The molecule has 2 aromatic carbocycles. The quantitative estimate of drug-likeness (QED) is 0.319. The number of nitrogens with one attached hydrogen (secondary N) is 1. The molecular formula is C30H29F4N5O2. The van der Waals surface area contributed by atoms with E-state index in [2.05, 4.69) is 15.3 Å². The first kappa shape index (κ1) is 27.2. The van der Waals surface area contributed by atoms with E-state index < -0.39 is 28.8 Å². The van der Waals surface area contributed by atoms with Gasteiger partial charge in [-0.1, -0.05) is 26.0 Å². The standard InChI is InChI=1S/C30H29F4N5O2/c1-15(2)24-25(16(3)8-9-36-24)39-26-19(28(37-29(39)40)38-11-10-35-13-17(38)4)12-20(30(32,33)34)23-22-18(14-41-27(23)26)6-5-7-21(22)31/h5-9,12,15,17,35H,10-11,13-14H2,1-4H3/t17-/m0/s1. The molecule has 0 bridgehead atoms. The van der Waals surface area contributed by atoms with Gasteiger partial charge in [-0.3, -0.25) is 9.55 Å². The molecule has 4 aromatic rings. The van der Waals surface area contributed by atoms with Gasteiger partial charge in [0.2, 0.25) is 0 Å². The highest BCUT2D eigenvalue weighted by Gasteiger charge is 2.41. The van der Waals surface area contributed by atoms with Crippen molar-refractivity contribution in [2.24, 2.45) is 0 Å². The number of aromatic nitrogens is 3. The van der Waals surface area contributed by atoms with Crippen LogP contribution in [0.3, 0.4) is 0 Å². The molecule has 0 amide bonds. The first-order valence-electron chi connectivity index (χ1n) is 13.5. The van der Waals surface area contributed by atoms with E-state index in [1.165, 1.54) is 10.6 Å². The molecule has 1 N–H and O–H groups in total. The van der Waals surface area contributed by atoms with E-state index in [1.54, 1.807) is 25.3 Å². The van der Waals surface area contributed by atoms with Gasteiger partial charge in [-0.15, -0.1) is 0 Å². The Morgan fingerprint density at radius 1 is 1.17 bits per heavy atom. The van der Waals surface area contributed by atoms with Crippen LogP contribution >= 0.6 is 0 Å². The lowest BCUT2D eigenvalue weighted by molar-refractivity contribution is -0.137. The number of benzene rings is 2. The Bertz CT molecular complexity index is 1750. The zero-order chi connectivity index (χ0) is 29.2. The molecule has 0 saturated carbocycles. The monoisotopic (exact) mass is 567 g/mol. The smallest absolute Gasteiger partial charge is 0.417 e. The third kappa shape index (κ3) is 4.34. The molecule has 214 valence electrons. The summed E-state index contributed by atoms with van der Waals surface area (Å²) in [5.74, 6) is -0.978. The van der Waals surface area contributed by atoms with Gasteiger partial charge in [0.1, 0.15) is 23.8 Å². The third-order valence-electron chi connectivity index (χ3n) is 7.84. The highest BCUT2D eigenvalue weighted by atomic mass is 19.4. The lowest BCUT2D eigenvalue weighted by Gasteiger charge is -2.36. The fraction of sp³-hybridized carbons (Fsp3) is 0.367. The molecule has 2 aliphatic heterocycles. The Balaban J connectivity index is 1.85. The second-order valence-electron chi connectivity index (χ2n) is 10.9. The summed E-state index contributed by atoms with van der Waals surface area (Å²) < 4.78 is 67.2. The van der Waals surface area contributed by atoms with E-state index in [-0.39, 0.29) is 46.6 Å². The van der Waals surface area contributed by atoms with E-state index in [0.717, 1.165) is 12.1 Å². The van der Waals surface area contributed by atoms with E-state index in [1.807, 2.05) is 25.7 Å². The molecule has 0 radical (unpaired) electrons. The van der Waals surface area contributed by atoms with E-state index in [4.69, 9.17) is 4.74 Å². The first-order chi connectivity index (χ1) is 19.5. The Labute approximate surface area is 233 Å². The second-order valence-corrected chi connectivity index (χ2v) is 10.9. The minimum Gasteiger partial charge on any atom is -0.486 e. The molecule has 2 aliphatic rings. The summed E-state index contributed by atoms with van der Waals surface area (Å²) in [7, 11) is 0. The van der Waals surface area contributed by atoms with Crippen molar-refractivity contribution in [1.82, 2.24) is 19.9 Å². The number of anilines is 1. The number of alkyl halides is 3. The lowest BCUT2D eigenvalue weighted by Crippen LogP contribution is -2.50. The number of pyridine rings is 1. The summed E-state index contributed by atoms with van der Waals surface area (Å²) in [6.45, 7) is 8.98. The van der Waals surface area contributed by atoms with Crippen LogP contribution in [0.15, 0.2) is 41.3 Å². The predicted octanol–water partition coefficient (Wildman–Crippen LogP) is 5.73. The van der Waals surface area contributed by atoms with Crippen LogP contribution < -0.4 is 20.6 Å². The normalized spacial score (nSPS) is 17.0. The third-order valence-corrected chi connectivity index (χ3v) is 7.84. The molecule has 0 aliphatic carbocycles. The van der Waals surface area contributed by atoms with E-state index in [9.17, 15) is 18.0 Å². The second kappa shape index (κ2) is 9.83. The molecule has 0 spiro atoms. The van der Waals surface area contributed by atoms with Gasteiger partial charge >= 0.3 is 11.9 Å². The maximum Gasteiger partial charge on any atom is 0.417 e. The molecule has 4 heterocycles. The van der Waals surface area contributed by atoms with Crippen LogP contribution in [0.2, 0.25) is 0 Å². The van der Waals surface area contributed by atoms with Crippen LogP contribution in [-0.4, -0.2) is 40.2 Å². The van der Waals surface area contributed by atoms with Crippen LogP contribution in [0.25, 0.3) is 27.7 Å². The van der Waals surface area contributed by atoms with Crippen molar-refractivity contribution in [3.05, 3.63) is 75.2 Å². The van der Waals surface area contributed by atoms with Crippen LogP contribution in [0.1, 0.15) is 49.1 Å². The number of fused-ring (bicyclic) bond motifs is 5. The van der Waals surface area contributed by atoms with Gasteiger partial charge in [-0.25, -0.2) is 9.18 Å². The molecular weight excluding hydrogens is 538 g/mol. The highest BCUT2D eigenvalue weighted by Crippen LogP contribution is 2.51. The molecule has 6 rings (SSSR count). The van der Waals surface area contributed by atoms with Crippen molar-refractivity contribution in [2.75, 3.05) is 24.5 Å². The maximum absolute atomic E-state index is 15.3. The number of ether oxygens (including phenoxy) is 1. The Hall–Kier alpha value is -3.99. The summed E-state index contributed by atoms with van der Waals surface area (Å²) in [6, 6.07) is 6.69. The van der Waals surface area contributed by atoms with E-state index in [0.29, 0.717) is 42.1 Å². The van der Waals surface area contributed by atoms with Crippen molar-refractivity contribution in [1.29, 1.82) is 0 Å². The van der Waals surface area contributed by atoms with Crippen molar-refractivity contribution in [2.45, 2.75) is 52.4 Å². The number of aryl methyl sites for hydroxylation is 1. The molecule has 0 unspecified atom stereocenters. The van der Waals surface area contributed by atoms with Gasteiger partial charge in [0.05, 0.1) is 16.9 Å². The van der Waals surface area contributed by atoms with Crippen molar-refractivity contribution >= 4 is 16.7 Å². The average molecular weight is 568 g/mol. The van der Waals surface area contributed by atoms with Gasteiger partial charge in [0.25, 0.3) is 0 Å². The number of hydrogen-bond acceptors (Lipinski definition) is 6. The molecule has 2 aromatic heterocycles. The van der Waals surface area contributed by atoms with Gasteiger partial charge in [-0.05, 0) is 43.5 Å². The molecule has 1 atom stereocenters. The Morgan fingerprint density at radius 2 is 1.95 bits per heavy atom. The van der Waals surface area contributed by atoms with Gasteiger partial charge in [-0.2, -0.15) is 18.2 Å². The van der Waals surface area contributed by atoms with Gasteiger partial charge < -0.3 is 15.0 Å². The zero-order valence-corrected chi connectivity index (χ0v) is 23.1. The van der Waals surface area contributed by atoms with Crippen molar-refractivity contribution < 1.29 is 22.3 Å². The van der Waals surface area contributed by atoms with Crippen LogP contribution in [0.5, 0.6) is 5.75 Å². The number of rotatable bonds is 3. The largest absolute Gasteiger partial charge is 0.486 e. The van der Waals surface area contributed by atoms with Gasteiger partial charge in [0.15, 0.2) is 5.75 Å². The minimum atomic E-state index is -4.85. The lowest BCUT2D eigenvalue weighted by atomic mass is 9.90. The molecule has 1 fully saturated rings. The highest BCUT2D eigenvalue weighted by molar-refractivity contribution is 6.02. The fourth-order valence-electron chi connectivity index (χ4n) is 5.94. The topological polar surface area (TPSA) is 72.3 Å². The van der Waals surface area contributed by atoms with Crippen LogP contribution in [-0.2, 0) is 12.8 Å². The maximum atomic E-state index is 15.3. The minimum absolute atomic E-state index is 0.0992. The van der Waals surface area contributed by atoms with Crippen LogP contribution in [0, 0.1) is 12.7 Å². The number of halogens is 4. The summed E-state index contributed by atoms with van der Waals surface area (Å²) in [4.78, 5) is 24.8.